The molecule has 0 N–H and O–H groups in total. The van der Waals surface area contributed by atoms with E-state index in [2.05, 4.69) is 202 Å². The first kappa shape index (κ1) is 34.5. The van der Waals surface area contributed by atoms with E-state index in [0.717, 1.165) is 19.3 Å². The normalized spacial score (nSPS) is 13.6. The van der Waals surface area contributed by atoms with Gasteiger partial charge in [-0.1, -0.05) is 0 Å². The zero-order chi connectivity index (χ0) is 36.4. The van der Waals surface area contributed by atoms with E-state index in [-0.39, 0.29) is 0 Å². The molecule has 0 amide bonds. The van der Waals surface area contributed by atoms with Crippen LogP contribution in [0.2, 0.25) is 0 Å². The van der Waals surface area contributed by atoms with Crippen LogP contribution in [0.3, 0.4) is 0 Å². The summed E-state index contributed by atoms with van der Waals surface area (Å²) in [5.74, 6) is 0. The van der Waals surface area contributed by atoms with Crippen LogP contribution in [-0.2, 0) is 34.1 Å². The van der Waals surface area contributed by atoms with Crippen LogP contribution in [0.5, 0.6) is 0 Å². The first-order chi connectivity index (χ1) is 26.7. The summed E-state index contributed by atoms with van der Waals surface area (Å²) in [5, 5.41) is 0. The Balaban J connectivity index is 1.47. The van der Waals surface area contributed by atoms with Crippen molar-refractivity contribution in [2.75, 3.05) is 0 Å². The zero-order valence-corrected chi connectivity index (χ0v) is 33.6. The third kappa shape index (κ3) is 6.29. The Hall–Kier alpha value is -5.23. The van der Waals surface area contributed by atoms with Crippen molar-refractivity contribution in [2.45, 2.75) is 36.7 Å². The maximum absolute atomic E-state index is 3.19. The van der Waals surface area contributed by atoms with Crippen LogP contribution >= 0.6 is 0 Å². The SMILES string of the molecule is CCc1ccc2c(c1)[CH]([Zr]([C]1=C(c3ccccc3)C(c3ccccc3)=C(c3ccccc3)C1)=[C](c1ccccc1)c1ccccc1)c1cc(CC)ccc1-2. The number of aryl methyl sites for hydroxylation is 2. The summed E-state index contributed by atoms with van der Waals surface area (Å²) >= 11 is -3.19. The molecule has 260 valence electrons. The van der Waals surface area contributed by atoms with Gasteiger partial charge >= 0.3 is 330 Å². The molecule has 0 nitrogen and oxygen atoms in total. The van der Waals surface area contributed by atoms with Crippen molar-refractivity contribution in [2.24, 2.45) is 0 Å². The molecule has 54 heavy (non-hydrogen) atoms. The molecule has 2 aliphatic carbocycles. The van der Waals surface area contributed by atoms with Crippen LogP contribution in [-0.4, -0.2) is 3.21 Å². The van der Waals surface area contributed by atoms with Gasteiger partial charge in [0.05, 0.1) is 0 Å². The zero-order valence-electron chi connectivity index (χ0n) is 31.1. The van der Waals surface area contributed by atoms with Crippen LogP contribution in [0.15, 0.2) is 191 Å². The molecule has 1 heteroatoms. The van der Waals surface area contributed by atoms with Crippen molar-refractivity contribution in [3.63, 3.8) is 0 Å². The number of benzene rings is 7. The molecule has 2 aliphatic rings. The van der Waals surface area contributed by atoms with E-state index in [1.165, 1.54) is 77.9 Å². The second-order valence-corrected chi connectivity index (χ2v) is 20.7. The molecule has 0 unspecified atom stereocenters. The molecule has 0 radical (unpaired) electrons. The van der Waals surface area contributed by atoms with E-state index in [4.69, 9.17) is 0 Å². The molecule has 0 aliphatic heterocycles. The Kier molecular flexibility index (Phi) is 9.76. The monoisotopic (exact) mass is 770 g/mol. The standard InChI is InChI=1S/C23H17.C17H17.C13H10.Zr/c1-4-10-18(11-5-1)21-16-17-22(19-12-6-2-7-13-19)23(21)20-14-8-3-9-15-20;1-3-12-5-7-16-14(9-12)11-15-10-13(4-2)6-8-17(15)16;1-3-7-12(8-4-1)11-13-9-5-2-6-10-13;/h1-15H,16H2;5-11H,3-4H2,1-2H3;1-10H;. The van der Waals surface area contributed by atoms with Gasteiger partial charge in [0.2, 0.25) is 0 Å². The average molecular weight is 772 g/mol. The summed E-state index contributed by atoms with van der Waals surface area (Å²) in [6.07, 6.45) is 3.00. The van der Waals surface area contributed by atoms with Crippen LogP contribution < -0.4 is 0 Å². The summed E-state index contributed by atoms with van der Waals surface area (Å²) < 4.78 is 3.57. The molecule has 7 aromatic carbocycles. The predicted molar refractivity (Wildman–Crippen MR) is 226 cm³/mol. The Bertz CT molecular complexity index is 2450. The summed E-state index contributed by atoms with van der Waals surface area (Å²) in [5.41, 5.74) is 19.7. The molecule has 0 saturated carbocycles. The quantitative estimate of drug-likeness (QED) is 0.137. The van der Waals surface area contributed by atoms with E-state index < -0.39 is 21.3 Å². The van der Waals surface area contributed by atoms with Crippen molar-refractivity contribution in [1.29, 1.82) is 0 Å². The number of allylic oxidation sites excluding steroid dienone is 4. The van der Waals surface area contributed by atoms with Gasteiger partial charge in [-0.2, -0.15) is 0 Å². The summed E-state index contributed by atoms with van der Waals surface area (Å²) in [7, 11) is 0. The fourth-order valence-corrected chi connectivity index (χ4v) is 18.5. The van der Waals surface area contributed by atoms with E-state index >= 15 is 0 Å². The first-order valence-electron chi connectivity index (χ1n) is 19.5. The van der Waals surface area contributed by atoms with Gasteiger partial charge in [-0.3, -0.25) is 0 Å². The minimum atomic E-state index is -3.19. The number of fused-ring (bicyclic) bond motifs is 3. The molecule has 0 atom stereocenters. The Labute approximate surface area is 328 Å². The maximum atomic E-state index is 2.58. The molecule has 0 saturated heterocycles. The Morgan fingerprint density at radius 1 is 0.463 bits per heavy atom. The third-order valence-corrected chi connectivity index (χ3v) is 19.8. The van der Waals surface area contributed by atoms with Gasteiger partial charge in [-0.05, 0) is 0 Å². The van der Waals surface area contributed by atoms with Crippen LogP contribution in [0.25, 0.3) is 27.8 Å². The molecule has 0 bridgehead atoms. The van der Waals surface area contributed by atoms with Gasteiger partial charge in [-0.25, -0.2) is 0 Å². The van der Waals surface area contributed by atoms with E-state index in [1.54, 1.807) is 6.49 Å². The molecule has 0 heterocycles. The van der Waals surface area contributed by atoms with Gasteiger partial charge in [-0.15, -0.1) is 0 Å². The molecule has 0 aromatic heterocycles. The second kappa shape index (κ2) is 15.3. The second-order valence-electron chi connectivity index (χ2n) is 14.5. The van der Waals surface area contributed by atoms with E-state index in [9.17, 15) is 0 Å². The van der Waals surface area contributed by atoms with Crippen molar-refractivity contribution >= 4 is 19.9 Å². The minimum absolute atomic E-state index is 0.312. The average Bonchev–Trinajstić information content (AvgIpc) is 3.80. The van der Waals surface area contributed by atoms with Crippen LogP contribution in [0.4, 0.5) is 0 Å². The molecule has 0 spiro atoms. The first-order valence-corrected chi connectivity index (χ1v) is 23.4. The van der Waals surface area contributed by atoms with E-state index in [1.807, 2.05) is 0 Å². The summed E-state index contributed by atoms with van der Waals surface area (Å²) in [4.78, 5) is 0. The predicted octanol–water partition coefficient (Wildman–Crippen LogP) is 13.2. The van der Waals surface area contributed by atoms with Gasteiger partial charge < -0.3 is 0 Å². The number of hydrogen-bond donors (Lipinski definition) is 0. The topological polar surface area (TPSA) is 0 Å². The van der Waals surface area contributed by atoms with E-state index in [0.29, 0.717) is 3.63 Å². The van der Waals surface area contributed by atoms with Gasteiger partial charge in [0.15, 0.2) is 0 Å². The number of hydrogen-bond acceptors (Lipinski definition) is 0. The van der Waals surface area contributed by atoms with Crippen LogP contribution in [0, 0.1) is 0 Å². The Morgan fingerprint density at radius 2 is 0.870 bits per heavy atom. The molecule has 7 aromatic rings. The van der Waals surface area contributed by atoms with Crippen molar-refractivity contribution in [3.8, 4) is 11.1 Å². The van der Waals surface area contributed by atoms with Gasteiger partial charge in [0, 0.05) is 0 Å². The van der Waals surface area contributed by atoms with Crippen molar-refractivity contribution in [1.82, 2.24) is 0 Å². The van der Waals surface area contributed by atoms with Crippen LogP contribution in [0.1, 0.15) is 74.0 Å². The Morgan fingerprint density at radius 3 is 1.31 bits per heavy atom. The summed E-state index contributed by atoms with van der Waals surface area (Å²) in [6.45, 7) is 4.60. The molecular formula is C53H44Zr. The molecular weight excluding hydrogens is 728 g/mol. The fourth-order valence-electron chi connectivity index (χ4n) is 8.89. The third-order valence-electron chi connectivity index (χ3n) is 11.4. The number of rotatable bonds is 9. The molecule has 9 rings (SSSR count). The van der Waals surface area contributed by atoms with Gasteiger partial charge in [0.25, 0.3) is 0 Å². The van der Waals surface area contributed by atoms with Gasteiger partial charge in [0.1, 0.15) is 0 Å². The molecule has 0 fully saturated rings. The summed E-state index contributed by atoms with van der Waals surface area (Å²) in [6, 6.07) is 71.4. The van der Waals surface area contributed by atoms with Crippen molar-refractivity contribution < 1.29 is 21.3 Å². The van der Waals surface area contributed by atoms with Crippen molar-refractivity contribution in [3.05, 3.63) is 241 Å². The fraction of sp³-hybridized carbons (Fsp3) is 0.113.